The van der Waals surface area contributed by atoms with Crippen LogP contribution in [0, 0.1) is 6.92 Å². The minimum absolute atomic E-state index is 0.856. The molecule has 0 aliphatic rings. The highest BCUT2D eigenvalue weighted by molar-refractivity contribution is 5.77. The standard InChI is InChI=1S/C13H19N3O/c1-10-14-12-9-11(17-4)5-6-13(12)16(10)8-7-15(2)3/h5-6,9H,7-8H2,1-4H3. The maximum absolute atomic E-state index is 5.21. The summed E-state index contributed by atoms with van der Waals surface area (Å²) in [6.45, 7) is 4.02. The molecule has 2 aromatic rings. The number of ether oxygens (including phenoxy) is 1. The van der Waals surface area contributed by atoms with Gasteiger partial charge in [-0.3, -0.25) is 0 Å². The molecule has 0 spiro atoms. The topological polar surface area (TPSA) is 30.3 Å². The van der Waals surface area contributed by atoms with E-state index < -0.39 is 0 Å². The van der Waals surface area contributed by atoms with Crippen molar-refractivity contribution in [2.45, 2.75) is 13.5 Å². The molecule has 4 heteroatoms. The molecular formula is C13H19N3O. The molecular weight excluding hydrogens is 214 g/mol. The van der Waals surface area contributed by atoms with Gasteiger partial charge in [0.1, 0.15) is 11.6 Å². The van der Waals surface area contributed by atoms with E-state index in [9.17, 15) is 0 Å². The zero-order chi connectivity index (χ0) is 12.4. The summed E-state index contributed by atoms with van der Waals surface area (Å²) in [6.07, 6.45) is 0. The monoisotopic (exact) mass is 233 g/mol. The number of hydrogen-bond donors (Lipinski definition) is 0. The van der Waals surface area contributed by atoms with Gasteiger partial charge in [-0.25, -0.2) is 4.98 Å². The third kappa shape index (κ3) is 2.42. The number of methoxy groups -OCH3 is 1. The predicted octanol–water partition coefficient (Wildman–Crippen LogP) is 1.91. The van der Waals surface area contributed by atoms with Crippen molar-refractivity contribution < 1.29 is 4.74 Å². The number of aromatic nitrogens is 2. The maximum Gasteiger partial charge on any atom is 0.121 e. The Bertz CT molecular complexity index is 517. The molecule has 0 aliphatic heterocycles. The summed E-state index contributed by atoms with van der Waals surface area (Å²) in [7, 11) is 5.84. The van der Waals surface area contributed by atoms with Crippen molar-refractivity contribution in [1.29, 1.82) is 0 Å². The number of rotatable bonds is 4. The Hall–Kier alpha value is -1.55. The van der Waals surface area contributed by atoms with E-state index in [-0.39, 0.29) is 0 Å². The van der Waals surface area contributed by atoms with E-state index in [2.05, 4.69) is 34.6 Å². The van der Waals surface area contributed by atoms with Gasteiger partial charge in [0.05, 0.1) is 18.1 Å². The first-order chi connectivity index (χ1) is 8.11. The quantitative estimate of drug-likeness (QED) is 0.808. The van der Waals surface area contributed by atoms with Gasteiger partial charge < -0.3 is 14.2 Å². The van der Waals surface area contributed by atoms with E-state index in [1.54, 1.807) is 7.11 Å². The van der Waals surface area contributed by atoms with Gasteiger partial charge in [-0.05, 0) is 33.2 Å². The van der Waals surface area contributed by atoms with Gasteiger partial charge in [-0.1, -0.05) is 0 Å². The molecule has 1 aromatic carbocycles. The van der Waals surface area contributed by atoms with Gasteiger partial charge in [-0.2, -0.15) is 0 Å². The molecule has 92 valence electrons. The number of hydrogen-bond acceptors (Lipinski definition) is 3. The van der Waals surface area contributed by atoms with Crippen molar-refractivity contribution >= 4 is 11.0 Å². The summed E-state index contributed by atoms with van der Waals surface area (Å²) in [4.78, 5) is 6.74. The van der Waals surface area contributed by atoms with Crippen molar-refractivity contribution in [2.24, 2.45) is 0 Å². The Morgan fingerprint density at radius 3 is 2.76 bits per heavy atom. The van der Waals surface area contributed by atoms with Crippen molar-refractivity contribution in [1.82, 2.24) is 14.5 Å². The summed E-state index contributed by atoms with van der Waals surface area (Å²) in [5.41, 5.74) is 2.17. The first-order valence-corrected chi connectivity index (χ1v) is 5.77. The fourth-order valence-electron chi connectivity index (χ4n) is 1.94. The molecule has 0 radical (unpaired) electrons. The van der Waals surface area contributed by atoms with Gasteiger partial charge in [0, 0.05) is 19.2 Å². The molecule has 0 N–H and O–H groups in total. The van der Waals surface area contributed by atoms with Crippen LogP contribution in [0.3, 0.4) is 0 Å². The maximum atomic E-state index is 5.21. The summed E-state index contributed by atoms with van der Waals surface area (Å²) in [5.74, 6) is 1.91. The number of likely N-dealkylation sites (N-methyl/N-ethyl adjacent to an activating group) is 1. The van der Waals surface area contributed by atoms with E-state index in [4.69, 9.17) is 4.74 Å². The molecule has 4 nitrogen and oxygen atoms in total. The molecule has 0 bridgehead atoms. The number of benzene rings is 1. The van der Waals surface area contributed by atoms with Crippen molar-refractivity contribution in [3.8, 4) is 5.75 Å². The molecule has 0 fully saturated rings. The van der Waals surface area contributed by atoms with Crippen LogP contribution in [0.15, 0.2) is 18.2 Å². The van der Waals surface area contributed by atoms with Gasteiger partial charge >= 0.3 is 0 Å². The highest BCUT2D eigenvalue weighted by Gasteiger charge is 2.08. The molecule has 0 amide bonds. The molecule has 1 heterocycles. The zero-order valence-electron chi connectivity index (χ0n) is 10.9. The van der Waals surface area contributed by atoms with Crippen molar-refractivity contribution in [3.05, 3.63) is 24.0 Å². The average Bonchev–Trinajstić information content (AvgIpc) is 2.60. The third-order valence-electron chi connectivity index (χ3n) is 2.92. The molecule has 0 saturated heterocycles. The molecule has 0 atom stereocenters. The van der Waals surface area contributed by atoms with E-state index >= 15 is 0 Å². The molecule has 1 aromatic heterocycles. The minimum atomic E-state index is 0.856. The highest BCUT2D eigenvalue weighted by Crippen LogP contribution is 2.21. The Morgan fingerprint density at radius 1 is 1.35 bits per heavy atom. The van der Waals surface area contributed by atoms with E-state index in [1.165, 1.54) is 5.52 Å². The Balaban J connectivity index is 2.38. The summed E-state index contributed by atoms with van der Waals surface area (Å²) >= 11 is 0. The number of aryl methyl sites for hydroxylation is 1. The van der Waals surface area contributed by atoms with E-state index in [1.807, 2.05) is 19.1 Å². The summed E-state index contributed by atoms with van der Waals surface area (Å²) in [5, 5.41) is 0. The average molecular weight is 233 g/mol. The van der Waals surface area contributed by atoms with Crippen LogP contribution in [-0.4, -0.2) is 42.2 Å². The minimum Gasteiger partial charge on any atom is -0.497 e. The van der Waals surface area contributed by atoms with Crippen LogP contribution in [0.4, 0.5) is 0 Å². The smallest absolute Gasteiger partial charge is 0.121 e. The fraction of sp³-hybridized carbons (Fsp3) is 0.462. The molecule has 17 heavy (non-hydrogen) atoms. The van der Waals surface area contributed by atoms with E-state index in [0.717, 1.165) is 30.2 Å². The Kier molecular flexibility index (Phi) is 3.33. The van der Waals surface area contributed by atoms with Crippen LogP contribution in [0.5, 0.6) is 5.75 Å². The van der Waals surface area contributed by atoms with Gasteiger partial charge in [-0.15, -0.1) is 0 Å². The summed E-state index contributed by atoms with van der Waals surface area (Å²) < 4.78 is 7.46. The molecule has 0 saturated carbocycles. The van der Waals surface area contributed by atoms with Crippen LogP contribution in [-0.2, 0) is 6.54 Å². The highest BCUT2D eigenvalue weighted by atomic mass is 16.5. The number of fused-ring (bicyclic) bond motifs is 1. The predicted molar refractivity (Wildman–Crippen MR) is 69.6 cm³/mol. The third-order valence-corrected chi connectivity index (χ3v) is 2.92. The van der Waals surface area contributed by atoms with Gasteiger partial charge in [0.15, 0.2) is 0 Å². The Labute approximate surface area is 102 Å². The van der Waals surface area contributed by atoms with Crippen molar-refractivity contribution in [2.75, 3.05) is 27.7 Å². The van der Waals surface area contributed by atoms with Crippen LogP contribution in [0.1, 0.15) is 5.82 Å². The molecule has 0 unspecified atom stereocenters. The normalized spacial score (nSPS) is 11.4. The lowest BCUT2D eigenvalue weighted by Gasteiger charge is -2.12. The second-order valence-corrected chi connectivity index (χ2v) is 4.47. The first kappa shape index (κ1) is 11.9. The summed E-state index contributed by atoms with van der Waals surface area (Å²) in [6, 6.07) is 6.04. The van der Waals surface area contributed by atoms with Crippen LogP contribution >= 0.6 is 0 Å². The zero-order valence-corrected chi connectivity index (χ0v) is 10.9. The molecule has 0 aliphatic carbocycles. The second-order valence-electron chi connectivity index (χ2n) is 4.47. The van der Waals surface area contributed by atoms with Crippen LogP contribution in [0.25, 0.3) is 11.0 Å². The number of nitrogens with zero attached hydrogens (tertiary/aromatic N) is 3. The fourth-order valence-corrected chi connectivity index (χ4v) is 1.94. The largest absolute Gasteiger partial charge is 0.497 e. The van der Waals surface area contributed by atoms with E-state index in [0.29, 0.717) is 0 Å². The lowest BCUT2D eigenvalue weighted by atomic mass is 10.3. The Morgan fingerprint density at radius 2 is 2.12 bits per heavy atom. The van der Waals surface area contributed by atoms with Gasteiger partial charge in [0.25, 0.3) is 0 Å². The number of imidazole rings is 1. The van der Waals surface area contributed by atoms with Crippen molar-refractivity contribution in [3.63, 3.8) is 0 Å². The van der Waals surface area contributed by atoms with Crippen LogP contribution in [0.2, 0.25) is 0 Å². The second kappa shape index (κ2) is 4.75. The first-order valence-electron chi connectivity index (χ1n) is 5.77. The molecule has 2 rings (SSSR count). The van der Waals surface area contributed by atoms with Gasteiger partial charge in [0.2, 0.25) is 0 Å². The SMILES string of the molecule is COc1ccc2c(c1)nc(C)n2CCN(C)C. The van der Waals surface area contributed by atoms with Crippen LogP contribution < -0.4 is 4.74 Å². The lowest BCUT2D eigenvalue weighted by Crippen LogP contribution is -2.18. The lowest BCUT2D eigenvalue weighted by molar-refractivity contribution is 0.384.